The molecule has 2 unspecified atom stereocenters. The van der Waals surface area contributed by atoms with Crippen molar-refractivity contribution in [3.05, 3.63) is 23.8 Å². The Bertz CT molecular complexity index is 550. The smallest absolute Gasteiger partial charge is 0.160 e. The fraction of sp³-hybridized carbons (Fsp3) is 0.700. The van der Waals surface area contributed by atoms with Crippen LogP contribution in [0.3, 0.4) is 0 Å². The minimum atomic E-state index is -0.158. The van der Waals surface area contributed by atoms with Gasteiger partial charge < -0.3 is 19.3 Å². The molecular formula is C20H31NO4. The van der Waals surface area contributed by atoms with Crippen molar-refractivity contribution in [1.82, 2.24) is 4.90 Å². The van der Waals surface area contributed by atoms with Gasteiger partial charge >= 0.3 is 0 Å². The van der Waals surface area contributed by atoms with Crippen molar-refractivity contribution >= 4 is 0 Å². The van der Waals surface area contributed by atoms with Gasteiger partial charge in [-0.25, -0.2) is 0 Å². The summed E-state index contributed by atoms with van der Waals surface area (Å²) in [6.07, 6.45) is 6.73. The van der Waals surface area contributed by atoms with Crippen LogP contribution >= 0.6 is 0 Å². The molecule has 5 heteroatoms. The molecule has 1 saturated carbocycles. The number of methoxy groups -OCH3 is 2. The van der Waals surface area contributed by atoms with Gasteiger partial charge in [0.1, 0.15) is 0 Å². The van der Waals surface area contributed by atoms with Crippen LogP contribution in [0.5, 0.6) is 11.5 Å². The number of rotatable bonds is 7. The number of aliphatic hydroxyl groups excluding tert-OH is 1. The average Bonchev–Trinajstić information content (AvgIpc) is 3.08. The maximum absolute atomic E-state index is 9.83. The Morgan fingerprint density at radius 2 is 1.88 bits per heavy atom. The summed E-state index contributed by atoms with van der Waals surface area (Å²) >= 11 is 0. The number of β-amino-alcohol motifs (C(OH)–C–C–N with tert-alkyl or cyclic N) is 1. The number of likely N-dealkylation sites (tertiary alicyclic amines) is 1. The molecule has 1 aromatic carbocycles. The standard InChI is InChI=1S/C20H31NO4/c1-23-19-8-7-15(13-20(19)24-2)10-12-25-18-6-4-3-5-17(18)21-11-9-16(22)14-21/h7-8,13,16-18,22H,3-6,9-12,14H2,1-2H3/t16?,17?,18-/m0/s1. The number of hydrogen-bond donors (Lipinski definition) is 1. The van der Waals surface area contributed by atoms with E-state index < -0.39 is 0 Å². The molecule has 2 aliphatic rings. The first kappa shape index (κ1) is 18.5. The van der Waals surface area contributed by atoms with Crippen LogP contribution in [0.2, 0.25) is 0 Å². The van der Waals surface area contributed by atoms with Gasteiger partial charge in [0.15, 0.2) is 11.5 Å². The molecule has 3 atom stereocenters. The summed E-state index contributed by atoms with van der Waals surface area (Å²) in [6.45, 7) is 2.52. The summed E-state index contributed by atoms with van der Waals surface area (Å²) in [4.78, 5) is 2.44. The van der Waals surface area contributed by atoms with Gasteiger partial charge in [0.25, 0.3) is 0 Å². The highest BCUT2D eigenvalue weighted by Crippen LogP contribution is 2.30. The minimum Gasteiger partial charge on any atom is -0.493 e. The van der Waals surface area contributed by atoms with Gasteiger partial charge in [-0.2, -0.15) is 0 Å². The Morgan fingerprint density at radius 1 is 1.08 bits per heavy atom. The molecule has 0 bridgehead atoms. The average molecular weight is 349 g/mol. The van der Waals surface area contributed by atoms with Crippen LogP contribution in [0, 0.1) is 0 Å². The van der Waals surface area contributed by atoms with Crippen LogP contribution in [0.25, 0.3) is 0 Å². The summed E-state index contributed by atoms with van der Waals surface area (Å²) < 4.78 is 16.9. The molecule has 1 aliphatic heterocycles. The largest absolute Gasteiger partial charge is 0.493 e. The van der Waals surface area contributed by atoms with Gasteiger partial charge in [0.05, 0.1) is 33.0 Å². The van der Waals surface area contributed by atoms with Crippen molar-refractivity contribution in [2.24, 2.45) is 0 Å². The first-order chi connectivity index (χ1) is 12.2. The van der Waals surface area contributed by atoms with Crippen molar-refractivity contribution < 1.29 is 19.3 Å². The first-order valence-corrected chi connectivity index (χ1v) is 9.46. The molecule has 1 aromatic rings. The van der Waals surface area contributed by atoms with Crippen LogP contribution in [-0.4, -0.2) is 62.2 Å². The normalized spacial score (nSPS) is 27.4. The predicted octanol–water partition coefficient (Wildman–Crippen LogP) is 2.64. The Labute approximate surface area is 150 Å². The second kappa shape index (κ2) is 8.88. The van der Waals surface area contributed by atoms with E-state index in [4.69, 9.17) is 14.2 Å². The van der Waals surface area contributed by atoms with Crippen molar-refractivity contribution in [3.63, 3.8) is 0 Å². The third-order valence-corrected chi connectivity index (χ3v) is 5.50. The van der Waals surface area contributed by atoms with Crippen LogP contribution in [0.4, 0.5) is 0 Å². The zero-order chi connectivity index (χ0) is 17.6. The lowest BCUT2D eigenvalue weighted by Crippen LogP contribution is -2.46. The van der Waals surface area contributed by atoms with Gasteiger partial charge in [-0.05, 0) is 43.4 Å². The SMILES string of the molecule is COc1ccc(CCO[C@H]2CCCCC2N2CCC(O)C2)cc1OC. The van der Waals surface area contributed by atoms with E-state index in [1.54, 1.807) is 14.2 Å². The quantitative estimate of drug-likeness (QED) is 0.820. The van der Waals surface area contributed by atoms with E-state index in [9.17, 15) is 5.11 Å². The zero-order valence-electron chi connectivity index (χ0n) is 15.4. The summed E-state index contributed by atoms with van der Waals surface area (Å²) in [5, 5.41) is 9.83. The number of benzene rings is 1. The number of nitrogens with zero attached hydrogens (tertiary/aromatic N) is 1. The molecular weight excluding hydrogens is 318 g/mol. The lowest BCUT2D eigenvalue weighted by molar-refractivity contribution is -0.0316. The van der Waals surface area contributed by atoms with E-state index in [1.807, 2.05) is 12.1 Å². The topological polar surface area (TPSA) is 51.2 Å². The molecule has 0 spiro atoms. The second-order valence-corrected chi connectivity index (χ2v) is 7.14. The third kappa shape index (κ3) is 4.66. The first-order valence-electron chi connectivity index (χ1n) is 9.46. The molecule has 0 aromatic heterocycles. The Balaban J connectivity index is 1.53. The van der Waals surface area contributed by atoms with E-state index in [2.05, 4.69) is 11.0 Å². The van der Waals surface area contributed by atoms with E-state index in [-0.39, 0.29) is 6.10 Å². The number of aliphatic hydroxyl groups is 1. The predicted molar refractivity (Wildman–Crippen MR) is 97.4 cm³/mol. The lowest BCUT2D eigenvalue weighted by Gasteiger charge is -2.37. The monoisotopic (exact) mass is 349 g/mol. The number of hydrogen-bond acceptors (Lipinski definition) is 5. The third-order valence-electron chi connectivity index (χ3n) is 5.50. The summed E-state index contributed by atoms with van der Waals surface area (Å²) in [5.74, 6) is 1.52. The highest BCUT2D eigenvalue weighted by atomic mass is 16.5. The highest BCUT2D eigenvalue weighted by Gasteiger charge is 2.34. The molecule has 5 nitrogen and oxygen atoms in total. The van der Waals surface area contributed by atoms with E-state index in [1.165, 1.54) is 24.8 Å². The molecule has 1 N–H and O–H groups in total. The van der Waals surface area contributed by atoms with Gasteiger partial charge in [0.2, 0.25) is 0 Å². The van der Waals surface area contributed by atoms with Gasteiger partial charge in [0, 0.05) is 19.1 Å². The Morgan fingerprint density at radius 3 is 2.60 bits per heavy atom. The van der Waals surface area contributed by atoms with E-state index in [0.29, 0.717) is 18.8 Å². The molecule has 25 heavy (non-hydrogen) atoms. The fourth-order valence-electron chi connectivity index (χ4n) is 4.12. The molecule has 0 amide bonds. The molecule has 1 heterocycles. The molecule has 1 saturated heterocycles. The number of ether oxygens (including phenoxy) is 3. The van der Waals surface area contributed by atoms with Crippen LogP contribution in [-0.2, 0) is 11.2 Å². The van der Waals surface area contributed by atoms with Crippen molar-refractivity contribution in [2.45, 2.75) is 56.8 Å². The maximum Gasteiger partial charge on any atom is 0.160 e. The van der Waals surface area contributed by atoms with Crippen molar-refractivity contribution in [1.29, 1.82) is 0 Å². The van der Waals surface area contributed by atoms with Crippen molar-refractivity contribution in [2.75, 3.05) is 33.9 Å². The summed E-state index contributed by atoms with van der Waals surface area (Å²) in [7, 11) is 3.31. The van der Waals surface area contributed by atoms with Crippen LogP contribution < -0.4 is 9.47 Å². The highest BCUT2D eigenvalue weighted by molar-refractivity contribution is 5.42. The molecule has 0 radical (unpaired) electrons. The van der Waals surface area contributed by atoms with Gasteiger partial charge in [-0.3, -0.25) is 4.90 Å². The molecule has 3 rings (SSSR count). The Hall–Kier alpha value is -1.30. The van der Waals surface area contributed by atoms with E-state index >= 15 is 0 Å². The van der Waals surface area contributed by atoms with Crippen LogP contribution in [0.1, 0.15) is 37.7 Å². The zero-order valence-corrected chi connectivity index (χ0v) is 15.4. The molecule has 2 fully saturated rings. The Kier molecular flexibility index (Phi) is 6.57. The summed E-state index contributed by atoms with van der Waals surface area (Å²) in [5.41, 5.74) is 1.20. The second-order valence-electron chi connectivity index (χ2n) is 7.14. The van der Waals surface area contributed by atoms with Crippen LogP contribution in [0.15, 0.2) is 18.2 Å². The molecule has 1 aliphatic carbocycles. The minimum absolute atomic E-state index is 0.158. The maximum atomic E-state index is 9.83. The lowest BCUT2D eigenvalue weighted by atomic mass is 9.91. The van der Waals surface area contributed by atoms with Gasteiger partial charge in [-0.15, -0.1) is 0 Å². The molecule has 140 valence electrons. The van der Waals surface area contributed by atoms with Crippen molar-refractivity contribution in [3.8, 4) is 11.5 Å². The summed E-state index contributed by atoms with van der Waals surface area (Å²) in [6, 6.07) is 6.51. The van der Waals surface area contributed by atoms with Gasteiger partial charge in [-0.1, -0.05) is 18.9 Å². The fourth-order valence-corrected chi connectivity index (χ4v) is 4.12. The van der Waals surface area contributed by atoms with E-state index in [0.717, 1.165) is 43.9 Å².